The molecule has 0 bridgehead atoms. The molecule has 0 saturated heterocycles. The maximum atomic E-state index is 9.33. The normalized spacial score (nSPS) is 51.5. The van der Waals surface area contributed by atoms with Crippen molar-refractivity contribution in [1.82, 2.24) is 0 Å². The van der Waals surface area contributed by atoms with Crippen molar-refractivity contribution in [3.05, 3.63) is 0 Å². The third-order valence-corrected chi connectivity index (χ3v) is 3.19. The number of aliphatic hydroxyl groups is 3. The summed E-state index contributed by atoms with van der Waals surface area (Å²) < 4.78 is 0. The lowest BCUT2D eigenvalue weighted by Gasteiger charge is -2.14. The Labute approximate surface area is 69.4 Å². The number of thioether (sulfide) groups is 1. The standard InChI is InChI=1S/C6H13NO3S/c1-11-6-4(9)2(7)3(8)5(6)10/h2-6,8-10H,7H2,1H3/t2-,3+,4-,5+,6+/m1/s1. The molecule has 0 heterocycles. The molecule has 1 rings (SSSR count). The summed E-state index contributed by atoms with van der Waals surface area (Å²) in [7, 11) is 0. The highest BCUT2D eigenvalue weighted by Gasteiger charge is 2.46. The first kappa shape index (κ1) is 9.28. The highest BCUT2D eigenvalue weighted by molar-refractivity contribution is 7.99. The topological polar surface area (TPSA) is 86.7 Å². The van der Waals surface area contributed by atoms with Crippen LogP contribution in [0.15, 0.2) is 0 Å². The minimum Gasteiger partial charge on any atom is -0.390 e. The van der Waals surface area contributed by atoms with Crippen LogP contribution in [0.4, 0.5) is 0 Å². The molecule has 0 spiro atoms. The van der Waals surface area contributed by atoms with E-state index in [2.05, 4.69) is 0 Å². The molecule has 0 unspecified atom stereocenters. The molecule has 0 aromatic carbocycles. The zero-order chi connectivity index (χ0) is 8.59. The van der Waals surface area contributed by atoms with E-state index >= 15 is 0 Å². The van der Waals surface area contributed by atoms with E-state index in [0.29, 0.717) is 0 Å². The van der Waals surface area contributed by atoms with E-state index in [1.807, 2.05) is 0 Å². The van der Waals surface area contributed by atoms with Gasteiger partial charge in [-0.05, 0) is 6.26 Å². The molecule has 11 heavy (non-hydrogen) atoms. The van der Waals surface area contributed by atoms with Crippen molar-refractivity contribution in [3.63, 3.8) is 0 Å². The Kier molecular flexibility index (Phi) is 2.77. The van der Waals surface area contributed by atoms with E-state index in [-0.39, 0.29) is 5.25 Å². The Hall–Kier alpha value is 0.190. The van der Waals surface area contributed by atoms with E-state index in [9.17, 15) is 15.3 Å². The fourth-order valence-corrected chi connectivity index (χ4v) is 2.22. The molecular weight excluding hydrogens is 166 g/mol. The van der Waals surface area contributed by atoms with E-state index < -0.39 is 24.4 Å². The van der Waals surface area contributed by atoms with Gasteiger partial charge in [0.1, 0.15) is 0 Å². The lowest BCUT2D eigenvalue weighted by atomic mass is 10.2. The first-order valence-electron chi connectivity index (χ1n) is 3.42. The van der Waals surface area contributed by atoms with Crippen LogP contribution in [0.1, 0.15) is 0 Å². The molecule has 66 valence electrons. The summed E-state index contributed by atoms with van der Waals surface area (Å²) in [5.41, 5.74) is 5.40. The Bertz CT molecular complexity index is 132. The molecule has 0 amide bonds. The average molecular weight is 179 g/mol. The molecule has 0 aliphatic heterocycles. The van der Waals surface area contributed by atoms with Crippen molar-refractivity contribution in [2.45, 2.75) is 29.6 Å². The lowest BCUT2D eigenvalue weighted by molar-refractivity contribution is 0.0373. The first-order chi connectivity index (χ1) is 5.09. The van der Waals surface area contributed by atoms with Crippen LogP contribution < -0.4 is 5.73 Å². The fraction of sp³-hybridized carbons (Fsp3) is 1.00. The van der Waals surface area contributed by atoms with Gasteiger partial charge in [0.15, 0.2) is 0 Å². The molecule has 4 nitrogen and oxygen atoms in total. The van der Waals surface area contributed by atoms with Crippen LogP contribution >= 0.6 is 11.8 Å². The number of nitrogens with two attached hydrogens (primary N) is 1. The second-order valence-corrected chi connectivity index (χ2v) is 3.77. The molecule has 5 heteroatoms. The highest BCUT2D eigenvalue weighted by atomic mass is 32.2. The molecule has 5 atom stereocenters. The number of hydrogen-bond donors (Lipinski definition) is 4. The van der Waals surface area contributed by atoms with E-state index in [0.717, 1.165) is 0 Å². The van der Waals surface area contributed by atoms with Crippen molar-refractivity contribution in [1.29, 1.82) is 0 Å². The van der Waals surface area contributed by atoms with Crippen LogP contribution in [0.5, 0.6) is 0 Å². The maximum absolute atomic E-state index is 9.33. The van der Waals surface area contributed by atoms with Crippen molar-refractivity contribution in [2.75, 3.05) is 6.26 Å². The maximum Gasteiger partial charge on any atom is 0.0987 e. The number of aliphatic hydroxyl groups excluding tert-OH is 3. The monoisotopic (exact) mass is 179 g/mol. The smallest absolute Gasteiger partial charge is 0.0987 e. The molecule has 1 aliphatic carbocycles. The summed E-state index contributed by atoms with van der Waals surface area (Å²) in [5, 5.41) is 27.4. The van der Waals surface area contributed by atoms with Gasteiger partial charge in [-0.1, -0.05) is 0 Å². The molecule has 0 aromatic rings. The molecule has 5 N–H and O–H groups in total. The van der Waals surface area contributed by atoms with Gasteiger partial charge in [-0.2, -0.15) is 11.8 Å². The molecule has 1 fully saturated rings. The summed E-state index contributed by atoms with van der Waals surface area (Å²) in [6.45, 7) is 0. The third-order valence-electron chi connectivity index (χ3n) is 2.08. The predicted octanol–water partition coefficient (Wildman–Crippen LogP) is -1.86. The molecule has 1 saturated carbocycles. The van der Waals surface area contributed by atoms with Gasteiger partial charge >= 0.3 is 0 Å². The average Bonchev–Trinajstić information content (AvgIpc) is 2.17. The van der Waals surface area contributed by atoms with Crippen molar-refractivity contribution < 1.29 is 15.3 Å². The van der Waals surface area contributed by atoms with Crippen molar-refractivity contribution in [2.24, 2.45) is 5.73 Å². The fourth-order valence-electron chi connectivity index (χ4n) is 1.32. The van der Waals surface area contributed by atoms with Crippen LogP contribution in [-0.2, 0) is 0 Å². The summed E-state index contributed by atoms with van der Waals surface area (Å²) in [4.78, 5) is 0. The van der Waals surface area contributed by atoms with E-state index in [1.165, 1.54) is 11.8 Å². The largest absolute Gasteiger partial charge is 0.390 e. The second kappa shape index (κ2) is 3.28. The van der Waals surface area contributed by atoms with Gasteiger partial charge in [-0.3, -0.25) is 0 Å². The number of hydrogen-bond acceptors (Lipinski definition) is 5. The molecule has 0 aromatic heterocycles. The Morgan fingerprint density at radius 2 is 1.64 bits per heavy atom. The van der Waals surface area contributed by atoms with Gasteiger partial charge in [-0.25, -0.2) is 0 Å². The molecular formula is C6H13NO3S. The predicted molar refractivity (Wildman–Crippen MR) is 43.3 cm³/mol. The minimum atomic E-state index is -0.998. The van der Waals surface area contributed by atoms with E-state index in [4.69, 9.17) is 5.73 Å². The SMILES string of the molecule is CS[C@H]1[C@H](O)[C@H](N)[C@H](O)[C@@H]1O. The van der Waals surface area contributed by atoms with Crippen LogP contribution in [0.3, 0.4) is 0 Å². The van der Waals surface area contributed by atoms with Crippen molar-refractivity contribution in [3.8, 4) is 0 Å². The second-order valence-electron chi connectivity index (χ2n) is 2.75. The highest BCUT2D eigenvalue weighted by Crippen LogP contribution is 2.28. The minimum absolute atomic E-state index is 0.361. The van der Waals surface area contributed by atoms with Gasteiger partial charge in [-0.15, -0.1) is 0 Å². The van der Waals surface area contributed by atoms with Crippen LogP contribution in [0, 0.1) is 0 Å². The summed E-state index contributed by atoms with van der Waals surface area (Å²) in [6.07, 6.45) is -0.950. The molecule has 1 aliphatic rings. The number of rotatable bonds is 1. The first-order valence-corrected chi connectivity index (χ1v) is 4.71. The summed E-state index contributed by atoms with van der Waals surface area (Å²) in [6, 6.07) is -0.720. The third kappa shape index (κ3) is 1.39. The van der Waals surface area contributed by atoms with E-state index in [1.54, 1.807) is 6.26 Å². The Balaban J connectivity index is 2.69. The quantitative estimate of drug-likeness (QED) is 0.379. The molecule has 0 radical (unpaired) electrons. The summed E-state index contributed by atoms with van der Waals surface area (Å²) >= 11 is 1.32. The van der Waals surface area contributed by atoms with Crippen LogP contribution in [0.2, 0.25) is 0 Å². The van der Waals surface area contributed by atoms with Gasteiger partial charge in [0.05, 0.1) is 29.6 Å². The Morgan fingerprint density at radius 3 is 1.82 bits per heavy atom. The Morgan fingerprint density at radius 1 is 1.09 bits per heavy atom. The van der Waals surface area contributed by atoms with Crippen molar-refractivity contribution >= 4 is 11.8 Å². The van der Waals surface area contributed by atoms with Crippen LogP contribution in [0.25, 0.3) is 0 Å². The van der Waals surface area contributed by atoms with Gasteiger partial charge < -0.3 is 21.1 Å². The zero-order valence-electron chi connectivity index (χ0n) is 6.21. The van der Waals surface area contributed by atoms with Gasteiger partial charge in [0, 0.05) is 0 Å². The van der Waals surface area contributed by atoms with Gasteiger partial charge in [0.25, 0.3) is 0 Å². The summed E-state index contributed by atoms with van der Waals surface area (Å²) in [5.74, 6) is 0. The van der Waals surface area contributed by atoms with Gasteiger partial charge in [0.2, 0.25) is 0 Å². The van der Waals surface area contributed by atoms with Crippen LogP contribution in [-0.4, -0.2) is 51.2 Å². The zero-order valence-corrected chi connectivity index (χ0v) is 7.03. The lowest BCUT2D eigenvalue weighted by Crippen LogP contribution is -2.40.